The fourth-order valence-electron chi connectivity index (χ4n) is 0.552. The van der Waals surface area contributed by atoms with Gasteiger partial charge < -0.3 is 4.74 Å². The predicted octanol–water partition coefficient (Wildman–Crippen LogP) is 2.53. The lowest BCUT2D eigenvalue weighted by Crippen LogP contribution is -2.08. The molecule has 0 aliphatic carbocycles. The van der Waals surface area contributed by atoms with Crippen molar-refractivity contribution in [2.45, 2.75) is 32.4 Å². The van der Waals surface area contributed by atoms with Crippen LogP contribution in [0.15, 0.2) is 0 Å². The molecule has 0 radical (unpaired) electrons. The fourth-order valence-corrected chi connectivity index (χ4v) is 1.31. The molecule has 0 saturated heterocycles. The second kappa shape index (κ2) is 6.53. The van der Waals surface area contributed by atoms with E-state index < -0.39 is 0 Å². The molecule has 0 aromatic heterocycles. The molecule has 1 atom stereocenters. The normalized spacial score (nSPS) is 12.6. The van der Waals surface area contributed by atoms with Crippen LogP contribution < -0.4 is 0 Å². The Balaban J connectivity index is 3.30. The van der Waals surface area contributed by atoms with Crippen molar-refractivity contribution in [3.8, 4) is 0 Å². The van der Waals surface area contributed by atoms with Gasteiger partial charge in [0.25, 0.3) is 0 Å². The zero-order valence-corrected chi connectivity index (χ0v) is 8.33. The van der Waals surface area contributed by atoms with E-state index in [9.17, 15) is 0 Å². The van der Waals surface area contributed by atoms with Gasteiger partial charge in [-0.05, 0) is 13.3 Å². The molecular weight excluding hydrogens is 158 g/mol. The van der Waals surface area contributed by atoms with Gasteiger partial charge in [0.05, 0.1) is 12.4 Å². The lowest BCUT2D eigenvalue weighted by Gasteiger charge is -2.08. The molecule has 1 N–H and O–H groups in total. The van der Waals surface area contributed by atoms with Gasteiger partial charge >= 0.3 is 0 Å². The zero-order valence-electron chi connectivity index (χ0n) is 7.52. The van der Waals surface area contributed by atoms with E-state index in [1.54, 1.807) is 11.8 Å². The first-order valence-electron chi connectivity index (χ1n) is 4.02. The molecule has 0 rings (SSSR count). The maximum Gasteiger partial charge on any atom is 0.190 e. The molecule has 66 valence electrons. The average Bonchev–Trinajstić information content (AvgIpc) is 2.01. The Hall–Kier alpha value is -0.180. The minimum absolute atomic E-state index is 0.401. The van der Waals surface area contributed by atoms with Gasteiger partial charge in [0.2, 0.25) is 0 Å². The number of hydrogen-bond acceptors (Lipinski definition) is 3. The van der Waals surface area contributed by atoms with Crippen molar-refractivity contribution in [1.82, 2.24) is 0 Å². The summed E-state index contributed by atoms with van der Waals surface area (Å²) in [7, 11) is 0. The van der Waals surface area contributed by atoms with Crippen molar-refractivity contribution >= 4 is 17.7 Å². The fraction of sp³-hybridized carbons (Fsp3) is 0.875. The first kappa shape index (κ1) is 10.8. The third kappa shape index (κ3) is 6.23. The molecule has 0 aromatic carbocycles. The first-order valence-corrected chi connectivity index (χ1v) is 5.07. The van der Waals surface area contributed by atoms with Gasteiger partial charge in [-0.2, -0.15) is 0 Å². The molecule has 0 saturated carbocycles. The molecule has 0 fully saturated rings. The van der Waals surface area contributed by atoms with Crippen LogP contribution in [0.1, 0.15) is 27.2 Å². The van der Waals surface area contributed by atoms with Crippen LogP contribution in [0.3, 0.4) is 0 Å². The van der Waals surface area contributed by atoms with Crippen LogP contribution in [0.2, 0.25) is 0 Å². The third-order valence-electron chi connectivity index (χ3n) is 1.39. The molecule has 0 heterocycles. The Kier molecular flexibility index (Phi) is 6.42. The molecule has 2 nitrogen and oxygen atoms in total. The van der Waals surface area contributed by atoms with E-state index in [4.69, 9.17) is 10.1 Å². The molecule has 0 amide bonds. The molecule has 0 aliphatic heterocycles. The van der Waals surface area contributed by atoms with E-state index in [1.807, 2.05) is 6.92 Å². The van der Waals surface area contributed by atoms with Crippen LogP contribution in [0.25, 0.3) is 0 Å². The first-order chi connectivity index (χ1) is 5.20. The Bertz CT molecular complexity index is 117. The van der Waals surface area contributed by atoms with Gasteiger partial charge in [0.15, 0.2) is 5.90 Å². The summed E-state index contributed by atoms with van der Waals surface area (Å²) in [5, 5.41) is 7.95. The maximum absolute atomic E-state index is 7.31. The highest BCUT2D eigenvalue weighted by Gasteiger charge is 2.01. The Morgan fingerprint density at radius 3 is 2.64 bits per heavy atom. The lowest BCUT2D eigenvalue weighted by molar-refractivity contribution is 0.322. The van der Waals surface area contributed by atoms with Crippen LogP contribution in [0.5, 0.6) is 0 Å². The molecular formula is C8H17NOS. The number of rotatable bonds is 5. The van der Waals surface area contributed by atoms with Gasteiger partial charge in [0, 0.05) is 5.25 Å². The zero-order chi connectivity index (χ0) is 8.69. The second-order valence-electron chi connectivity index (χ2n) is 2.39. The molecule has 0 spiro atoms. The van der Waals surface area contributed by atoms with Crippen molar-refractivity contribution in [3.05, 3.63) is 0 Å². The lowest BCUT2D eigenvalue weighted by atomic mass is 10.4. The van der Waals surface area contributed by atoms with Crippen LogP contribution in [0, 0.1) is 5.41 Å². The number of hydrogen-bond donors (Lipinski definition) is 1. The van der Waals surface area contributed by atoms with E-state index in [0.717, 1.165) is 6.42 Å². The largest absolute Gasteiger partial charge is 0.481 e. The SMILES string of the molecule is CCOC(=N)CSC(C)CC. The molecule has 0 aromatic rings. The highest BCUT2D eigenvalue weighted by atomic mass is 32.2. The number of ether oxygens (including phenoxy) is 1. The summed E-state index contributed by atoms with van der Waals surface area (Å²) in [6.07, 6.45) is 1.16. The quantitative estimate of drug-likeness (QED) is 0.514. The van der Waals surface area contributed by atoms with E-state index in [0.29, 0.717) is 23.5 Å². The summed E-state index contributed by atoms with van der Waals surface area (Å²) in [5.74, 6) is 1.11. The minimum Gasteiger partial charge on any atom is -0.481 e. The number of thioether (sulfide) groups is 1. The minimum atomic E-state index is 0.401. The van der Waals surface area contributed by atoms with Gasteiger partial charge in [-0.25, -0.2) is 0 Å². The molecule has 1 unspecified atom stereocenters. The van der Waals surface area contributed by atoms with Crippen molar-refractivity contribution in [2.24, 2.45) is 0 Å². The highest BCUT2D eigenvalue weighted by Crippen LogP contribution is 2.13. The summed E-state index contributed by atoms with van der Waals surface area (Å²) in [4.78, 5) is 0. The molecule has 0 aliphatic rings. The summed E-state index contributed by atoms with van der Waals surface area (Å²) < 4.78 is 5.00. The van der Waals surface area contributed by atoms with Crippen LogP contribution in [-0.4, -0.2) is 23.5 Å². The van der Waals surface area contributed by atoms with Crippen LogP contribution in [-0.2, 0) is 4.74 Å². The van der Waals surface area contributed by atoms with Gasteiger partial charge in [-0.3, -0.25) is 5.41 Å². The maximum atomic E-state index is 7.31. The highest BCUT2D eigenvalue weighted by molar-refractivity contribution is 8.00. The monoisotopic (exact) mass is 175 g/mol. The van der Waals surface area contributed by atoms with Crippen LogP contribution in [0.4, 0.5) is 0 Å². The smallest absolute Gasteiger partial charge is 0.190 e. The van der Waals surface area contributed by atoms with Gasteiger partial charge in [-0.1, -0.05) is 13.8 Å². The molecule has 3 heteroatoms. The van der Waals surface area contributed by atoms with Gasteiger partial charge in [0.1, 0.15) is 0 Å². The van der Waals surface area contributed by atoms with E-state index in [1.165, 1.54) is 0 Å². The summed E-state index contributed by atoms with van der Waals surface area (Å²) in [6, 6.07) is 0. The van der Waals surface area contributed by atoms with E-state index in [2.05, 4.69) is 13.8 Å². The van der Waals surface area contributed by atoms with Crippen LogP contribution >= 0.6 is 11.8 Å². The predicted molar refractivity (Wildman–Crippen MR) is 51.6 cm³/mol. The van der Waals surface area contributed by atoms with E-state index >= 15 is 0 Å². The third-order valence-corrected chi connectivity index (χ3v) is 2.72. The summed E-state index contributed by atoms with van der Waals surface area (Å²) in [6.45, 7) is 6.84. The van der Waals surface area contributed by atoms with E-state index in [-0.39, 0.29) is 0 Å². The van der Waals surface area contributed by atoms with Crippen molar-refractivity contribution in [1.29, 1.82) is 5.41 Å². The number of nitrogens with one attached hydrogen (secondary N) is 1. The molecule has 11 heavy (non-hydrogen) atoms. The van der Waals surface area contributed by atoms with Crippen molar-refractivity contribution in [3.63, 3.8) is 0 Å². The Morgan fingerprint density at radius 1 is 1.55 bits per heavy atom. The summed E-state index contributed by atoms with van der Waals surface area (Å²) in [5.41, 5.74) is 0. The van der Waals surface area contributed by atoms with Crippen molar-refractivity contribution in [2.75, 3.05) is 12.4 Å². The molecule has 0 bridgehead atoms. The summed E-state index contributed by atoms with van der Waals surface area (Å²) >= 11 is 1.77. The topological polar surface area (TPSA) is 33.1 Å². The Labute approximate surface area is 73.2 Å². The standard InChI is InChI=1S/C8H17NOS/c1-4-7(3)11-6-8(9)10-5-2/h7,9H,4-6H2,1-3H3. The average molecular weight is 175 g/mol. The second-order valence-corrected chi connectivity index (χ2v) is 3.81. The van der Waals surface area contributed by atoms with Crippen molar-refractivity contribution < 1.29 is 4.74 Å². The Morgan fingerprint density at radius 2 is 2.18 bits per heavy atom. The van der Waals surface area contributed by atoms with Gasteiger partial charge in [-0.15, -0.1) is 11.8 Å².